The summed E-state index contributed by atoms with van der Waals surface area (Å²) >= 11 is 0. The van der Waals surface area contributed by atoms with Crippen molar-refractivity contribution in [1.82, 2.24) is 0 Å². The first-order valence-corrected chi connectivity index (χ1v) is 11.1. The van der Waals surface area contributed by atoms with Crippen LogP contribution in [-0.2, 0) is 28.7 Å². The number of hydrogen-bond acceptors (Lipinski definition) is 11. The van der Waals surface area contributed by atoms with Crippen LogP contribution in [0.1, 0.15) is 66.7 Å². The number of rotatable bonds is 6. The molecule has 5 atom stereocenters. The van der Waals surface area contributed by atoms with Crippen LogP contribution >= 0.6 is 0 Å². The van der Waals surface area contributed by atoms with Crippen molar-refractivity contribution < 1.29 is 74.7 Å². The van der Waals surface area contributed by atoms with Crippen molar-refractivity contribution in [2.45, 2.75) is 97.4 Å². The Bertz CT molecular complexity index is 529. The predicted molar refractivity (Wildman–Crippen MR) is 128 cm³/mol. The predicted octanol–water partition coefficient (Wildman–Crippen LogP) is -0.850. The molecule has 1 aliphatic rings. The van der Waals surface area contributed by atoms with Gasteiger partial charge in [-0.1, -0.05) is 34.6 Å². The number of carbonyl (C=O) groups is 5. The number of ether oxygens (including phenoxy) is 1. The molecule has 0 saturated carbocycles. The normalized spacial score (nSPS) is 21.0. The van der Waals surface area contributed by atoms with E-state index < -0.39 is 67.1 Å². The molecule has 1 aliphatic heterocycles. The highest BCUT2D eigenvalue weighted by molar-refractivity contribution is 5.67. The number of hydrogen-bond donors (Lipinski definition) is 10. The molecule has 37 heavy (non-hydrogen) atoms. The Kier molecular flexibility index (Phi) is 35.0. The van der Waals surface area contributed by atoms with E-state index in [0.29, 0.717) is 0 Å². The Morgan fingerprint density at radius 2 is 0.811 bits per heavy atom. The van der Waals surface area contributed by atoms with Gasteiger partial charge in [0.1, 0.15) is 18.3 Å². The zero-order valence-electron chi connectivity index (χ0n) is 21.7. The number of carboxylic acid groups (broad SMARTS) is 5. The number of nitrogens with two attached hydrogens (primary N) is 1. The average Bonchev–Trinajstić information content (AvgIpc) is 2.86. The number of aliphatic hydroxyl groups is 4. The molecular weight excluding hydrogens is 506 g/mol. The lowest BCUT2D eigenvalue weighted by Crippen LogP contribution is -2.61. The minimum Gasteiger partial charge on any atom is -0.481 e. The van der Waals surface area contributed by atoms with E-state index >= 15 is 0 Å². The Hall–Kier alpha value is -2.89. The molecule has 1 unspecified atom stereocenters. The molecule has 1 rings (SSSR count). The van der Waals surface area contributed by atoms with Crippen molar-refractivity contribution in [3.63, 3.8) is 0 Å². The van der Waals surface area contributed by atoms with Crippen molar-refractivity contribution in [1.29, 1.82) is 0 Å². The number of aliphatic carboxylic acids is 5. The third kappa shape index (κ3) is 37.8. The van der Waals surface area contributed by atoms with Gasteiger partial charge >= 0.3 is 29.8 Å². The molecule has 0 aromatic carbocycles. The zero-order valence-corrected chi connectivity index (χ0v) is 21.7. The standard InChI is InChI=1S/C6H13NO5.5C3H6O2/c7-3-5(10)4(9)2(1-8)12-6(3)11;5*1-2-3(4)5/h2-6,8-11H,1,7H2;5*2H2,1H3,(H,4,5)/t2-,3-,4-,5-,6?;;;;;/m1...../s1. The first-order valence-electron chi connectivity index (χ1n) is 11.1. The molecule has 0 amide bonds. The van der Waals surface area contributed by atoms with Gasteiger partial charge in [-0.3, -0.25) is 24.0 Å². The van der Waals surface area contributed by atoms with Crippen LogP contribution in [0.5, 0.6) is 0 Å². The van der Waals surface area contributed by atoms with Gasteiger partial charge in [0.05, 0.1) is 12.6 Å². The monoisotopic (exact) mass is 549 g/mol. The fraction of sp³-hybridized carbons (Fsp3) is 0.762. The summed E-state index contributed by atoms with van der Waals surface area (Å²) in [5.41, 5.74) is 5.26. The van der Waals surface area contributed by atoms with Crippen LogP contribution < -0.4 is 5.73 Å². The fourth-order valence-corrected chi connectivity index (χ4v) is 1.12. The first kappa shape index (κ1) is 44.1. The summed E-state index contributed by atoms with van der Waals surface area (Å²) in [5.74, 6) is -3.73. The summed E-state index contributed by atoms with van der Waals surface area (Å²) in [7, 11) is 0. The van der Waals surface area contributed by atoms with E-state index in [4.69, 9.17) is 46.2 Å². The molecule has 16 nitrogen and oxygen atoms in total. The Morgan fingerprint density at radius 3 is 0.973 bits per heavy atom. The quantitative estimate of drug-likeness (QED) is 0.193. The van der Waals surface area contributed by atoms with Gasteiger partial charge in [-0.15, -0.1) is 0 Å². The molecule has 0 bridgehead atoms. The molecule has 11 N–H and O–H groups in total. The molecule has 0 aliphatic carbocycles. The maximum atomic E-state index is 9.37. The topological polar surface area (TPSA) is 303 Å². The van der Waals surface area contributed by atoms with E-state index in [-0.39, 0.29) is 32.1 Å². The molecule has 222 valence electrons. The van der Waals surface area contributed by atoms with Gasteiger partial charge in [0.15, 0.2) is 6.29 Å². The second-order valence-corrected chi connectivity index (χ2v) is 6.54. The van der Waals surface area contributed by atoms with Crippen LogP contribution in [-0.4, -0.2) is 113 Å². The van der Waals surface area contributed by atoms with Crippen molar-refractivity contribution in [3.8, 4) is 0 Å². The maximum Gasteiger partial charge on any atom is 0.303 e. The van der Waals surface area contributed by atoms with Crippen LogP contribution in [0.15, 0.2) is 0 Å². The van der Waals surface area contributed by atoms with Crippen molar-refractivity contribution in [2.75, 3.05) is 6.61 Å². The summed E-state index contributed by atoms with van der Waals surface area (Å²) in [6, 6.07) is -1.04. The van der Waals surface area contributed by atoms with Gasteiger partial charge in [-0.25, -0.2) is 0 Å². The van der Waals surface area contributed by atoms with Crippen molar-refractivity contribution >= 4 is 29.8 Å². The van der Waals surface area contributed by atoms with E-state index in [1.807, 2.05) is 0 Å². The highest BCUT2D eigenvalue weighted by Crippen LogP contribution is 2.17. The van der Waals surface area contributed by atoms with Crippen LogP contribution in [0.2, 0.25) is 0 Å². The zero-order chi connectivity index (χ0) is 30.7. The van der Waals surface area contributed by atoms with Gasteiger partial charge in [-0.05, 0) is 0 Å². The van der Waals surface area contributed by atoms with Crippen LogP contribution in [0.4, 0.5) is 0 Å². The van der Waals surface area contributed by atoms with Crippen LogP contribution in [0.25, 0.3) is 0 Å². The largest absolute Gasteiger partial charge is 0.481 e. The van der Waals surface area contributed by atoms with Gasteiger partial charge in [-0.2, -0.15) is 0 Å². The third-order valence-corrected chi connectivity index (χ3v) is 3.46. The van der Waals surface area contributed by atoms with Crippen molar-refractivity contribution in [3.05, 3.63) is 0 Å². The van der Waals surface area contributed by atoms with E-state index in [1.165, 1.54) is 0 Å². The lowest BCUT2D eigenvalue weighted by molar-refractivity contribution is -0.248. The van der Waals surface area contributed by atoms with Gasteiger partial charge in [0.2, 0.25) is 0 Å². The molecule has 16 heteroatoms. The van der Waals surface area contributed by atoms with Gasteiger partial charge in [0.25, 0.3) is 0 Å². The Labute approximate surface area is 214 Å². The molecule has 0 radical (unpaired) electrons. The number of carboxylic acids is 5. The Balaban J connectivity index is -0.000000118. The summed E-state index contributed by atoms with van der Waals surface area (Å²) in [6.45, 7) is 7.53. The highest BCUT2D eigenvalue weighted by atomic mass is 16.6. The fourth-order valence-electron chi connectivity index (χ4n) is 1.12. The first-order chi connectivity index (χ1) is 16.9. The van der Waals surface area contributed by atoms with Gasteiger partial charge < -0.3 is 56.4 Å². The number of aliphatic hydroxyl groups excluding tert-OH is 4. The molecular formula is C21H43NO15. The SMILES string of the molecule is CCC(=O)O.CCC(=O)O.CCC(=O)O.CCC(=O)O.CCC(=O)O.N[C@H]1C(O)O[C@H](CO)[C@@H](O)[C@@H]1O. The van der Waals surface area contributed by atoms with Crippen LogP contribution in [0.3, 0.4) is 0 Å². The molecule has 1 saturated heterocycles. The van der Waals surface area contributed by atoms with E-state index in [9.17, 15) is 34.2 Å². The molecule has 0 aromatic heterocycles. The molecule has 1 fully saturated rings. The maximum absolute atomic E-state index is 9.37. The van der Waals surface area contributed by atoms with Crippen LogP contribution in [0, 0.1) is 0 Å². The Morgan fingerprint density at radius 1 is 0.595 bits per heavy atom. The lowest BCUT2D eigenvalue weighted by Gasteiger charge is -2.38. The second-order valence-electron chi connectivity index (χ2n) is 6.54. The molecule has 1 heterocycles. The average molecular weight is 550 g/mol. The molecule has 0 aromatic rings. The minimum absolute atomic E-state index is 0.222. The van der Waals surface area contributed by atoms with E-state index in [1.54, 1.807) is 34.6 Å². The second kappa shape index (κ2) is 29.3. The summed E-state index contributed by atoms with van der Waals surface area (Å²) < 4.78 is 4.70. The molecule has 0 spiro atoms. The third-order valence-electron chi connectivity index (χ3n) is 3.46. The summed E-state index contributed by atoms with van der Waals surface area (Å²) in [5, 5.41) is 74.7. The minimum atomic E-state index is -1.35. The summed E-state index contributed by atoms with van der Waals surface area (Å²) in [4.78, 5) is 46.8. The smallest absolute Gasteiger partial charge is 0.303 e. The lowest BCUT2D eigenvalue weighted by atomic mass is 9.98. The van der Waals surface area contributed by atoms with E-state index in [0.717, 1.165) is 0 Å². The van der Waals surface area contributed by atoms with Crippen molar-refractivity contribution in [2.24, 2.45) is 5.73 Å². The highest BCUT2D eigenvalue weighted by Gasteiger charge is 2.41. The summed E-state index contributed by atoms with van der Waals surface area (Å²) in [6.07, 6.45) is -3.74. The van der Waals surface area contributed by atoms with Gasteiger partial charge in [0, 0.05) is 32.1 Å². The van der Waals surface area contributed by atoms with E-state index in [2.05, 4.69) is 0 Å².